The highest BCUT2D eigenvalue weighted by Gasteiger charge is 2.01. The minimum atomic E-state index is 0.499. The van der Waals surface area contributed by atoms with Crippen molar-refractivity contribution in [1.29, 1.82) is 0 Å². The lowest BCUT2D eigenvalue weighted by atomic mass is 10.3. The van der Waals surface area contributed by atoms with Gasteiger partial charge in [-0.15, -0.1) is 0 Å². The highest BCUT2D eigenvalue weighted by molar-refractivity contribution is 5.75. The molecule has 1 N–H and O–H groups in total. The number of carbonyl (C=O) groups excluding carboxylic acids is 1. The van der Waals surface area contributed by atoms with Gasteiger partial charge >= 0.3 is 0 Å². The zero-order valence-electron chi connectivity index (χ0n) is 10.2. The molecule has 1 amide bonds. The third-order valence-electron chi connectivity index (χ3n) is 2.45. The number of amides is 1. The molecule has 0 fully saturated rings. The molecule has 18 heavy (non-hydrogen) atoms. The smallest absolute Gasteiger partial charge is 0.211 e. The third kappa shape index (κ3) is 3.10. The van der Waals surface area contributed by atoms with E-state index >= 15 is 0 Å². The van der Waals surface area contributed by atoms with Gasteiger partial charge in [-0.1, -0.05) is 12.1 Å². The maximum Gasteiger partial charge on any atom is 0.211 e. The fourth-order valence-electron chi connectivity index (χ4n) is 1.61. The maximum absolute atomic E-state index is 10.4. The second-order valence-corrected chi connectivity index (χ2v) is 3.83. The molecule has 0 saturated carbocycles. The van der Waals surface area contributed by atoms with Crippen LogP contribution in [-0.2, 0) is 11.3 Å². The van der Waals surface area contributed by atoms with E-state index in [1.165, 1.54) is 0 Å². The Balaban J connectivity index is 1.91. The van der Waals surface area contributed by atoms with E-state index in [2.05, 4.69) is 10.4 Å². The number of aromatic nitrogens is 2. The Hall–Kier alpha value is -2.30. The topological polar surface area (TPSA) is 56.1 Å². The average molecular weight is 245 g/mol. The van der Waals surface area contributed by atoms with Gasteiger partial charge in [0.15, 0.2) is 0 Å². The first-order valence-corrected chi connectivity index (χ1v) is 5.71. The van der Waals surface area contributed by atoms with Gasteiger partial charge in [0.05, 0.1) is 17.9 Å². The van der Waals surface area contributed by atoms with Crippen LogP contribution in [0.5, 0.6) is 5.75 Å². The summed E-state index contributed by atoms with van der Waals surface area (Å²) in [6, 6.07) is 9.27. The van der Waals surface area contributed by atoms with Crippen LogP contribution in [0.25, 0.3) is 0 Å². The molecule has 0 aliphatic rings. The standard InChI is InChI=1S/C13H15N3O2/c1-11-6-7-16(15-11)8-9-18-13-5-3-2-4-12(13)14-10-17/h2-7,10H,8-9H2,1H3,(H,14,17). The van der Waals surface area contributed by atoms with E-state index in [4.69, 9.17) is 4.74 Å². The first-order valence-electron chi connectivity index (χ1n) is 5.71. The zero-order valence-corrected chi connectivity index (χ0v) is 10.2. The summed E-state index contributed by atoms with van der Waals surface area (Å²) in [6.45, 7) is 3.11. The van der Waals surface area contributed by atoms with Gasteiger partial charge in [-0.25, -0.2) is 0 Å². The van der Waals surface area contributed by atoms with Crippen molar-refractivity contribution in [3.05, 3.63) is 42.2 Å². The van der Waals surface area contributed by atoms with Gasteiger partial charge in [-0.05, 0) is 25.1 Å². The summed E-state index contributed by atoms with van der Waals surface area (Å²) in [5.41, 5.74) is 1.65. The van der Waals surface area contributed by atoms with Crippen LogP contribution < -0.4 is 10.1 Å². The normalized spacial score (nSPS) is 10.1. The van der Waals surface area contributed by atoms with E-state index in [0.29, 0.717) is 31.0 Å². The van der Waals surface area contributed by atoms with E-state index in [9.17, 15) is 4.79 Å². The number of carbonyl (C=O) groups is 1. The molecule has 0 radical (unpaired) electrons. The lowest BCUT2D eigenvalue weighted by molar-refractivity contribution is -0.105. The molecule has 1 aromatic carbocycles. The summed E-state index contributed by atoms with van der Waals surface area (Å²) in [5, 5.41) is 6.87. The van der Waals surface area contributed by atoms with E-state index in [1.807, 2.05) is 42.1 Å². The highest BCUT2D eigenvalue weighted by atomic mass is 16.5. The monoisotopic (exact) mass is 245 g/mol. The van der Waals surface area contributed by atoms with Crippen LogP contribution in [0.1, 0.15) is 5.69 Å². The first kappa shape index (κ1) is 12.2. The lowest BCUT2D eigenvalue weighted by Crippen LogP contribution is -2.09. The summed E-state index contributed by atoms with van der Waals surface area (Å²) < 4.78 is 7.45. The second-order valence-electron chi connectivity index (χ2n) is 3.83. The molecule has 0 spiro atoms. The summed E-state index contributed by atoms with van der Waals surface area (Å²) in [7, 11) is 0. The van der Waals surface area contributed by atoms with E-state index in [-0.39, 0.29) is 0 Å². The SMILES string of the molecule is Cc1ccn(CCOc2ccccc2NC=O)n1. The molecule has 0 saturated heterocycles. The molecule has 0 unspecified atom stereocenters. The molecular formula is C13H15N3O2. The first-order chi connectivity index (χ1) is 8.79. The van der Waals surface area contributed by atoms with Crippen molar-refractivity contribution in [2.24, 2.45) is 0 Å². The van der Waals surface area contributed by atoms with Crippen molar-refractivity contribution in [3.63, 3.8) is 0 Å². The number of hydrogen-bond acceptors (Lipinski definition) is 3. The predicted octanol–water partition coefficient (Wildman–Crippen LogP) is 1.84. The van der Waals surface area contributed by atoms with Crippen LogP contribution in [0.3, 0.4) is 0 Å². The largest absolute Gasteiger partial charge is 0.489 e. The van der Waals surface area contributed by atoms with Crippen LogP contribution in [0.15, 0.2) is 36.5 Å². The highest BCUT2D eigenvalue weighted by Crippen LogP contribution is 2.22. The average Bonchev–Trinajstić information content (AvgIpc) is 2.78. The van der Waals surface area contributed by atoms with Crippen LogP contribution >= 0.6 is 0 Å². The number of nitrogens with zero attached hydrogens (tertiary/aromatic N) is 2. The Morgan fingerprint density at radius 3 is 2.94 bits per heavy atom. The number of para-hydroxylation sites is 2. The lowest BCUT2D eigenvalue weighted by Gasteiger charge is -2.10. The molecule has 1 aromatic heterocycles. The molecule has 2 aromatic rings. The molecule has 0 bridgehead atoms. The number of hydrogen-bond donors (Lipinski definition) is 1. The van der Waals surface area contributed by atoms with Gasteiger partial charge in [-0.2, -0.15) is 5.10 Å². The van der Waals surface area contributed by atoms with Crippen molar-refractivity contribution < 1.29 is 9.53 Å². The summed E-state index contributed by atoms with van der Waals surface area (Å²) in [6.07, 6.45) is 2.55. The van der Waals surface area contributed by atoms with E-state index in [1.54, 1.807) is 6.07 Å². The van der Waals surface area contributed by atoms with Crippen molar-refractivity contribution >= 4 is 12.1 Å². The van der Waals surface area contributed by atoms with Crippen molar-refractivity contribution in [3.8, 4) is 5.75 Å². The minimum Gasteiger partial charge on any atom is -0.489 e. The Bertz CT molecular complexity index is 522. The van der Waals surface area contributed by atoms with Crippen LogP contribution in [0.4, 0.5) is 5.69 Å². The summed E-state index contributed by atoms with van der Waals surface area (Å²) >= 11 is 0. The molecule has 0 atom stereocenters. The molecule has 0 aliphatic carbocycles. The molecule has 5 nitrogen and oxygen atoms in total. The Morgan fingerprint density at radius 1 is 1.39 bits per heavy atom. The second kappa shape index (κ2) is 5.86. The van der Waals surface area contributed by atoms with E-state index in [0.717, 1.165) is 5.69 Å². The van der Waals surface area contributed by atoms with Gasteiger partial charge in [0, 0.05) is 6.20 Å². The third-order valence-corrected chi connectivity index (χ3v) is 2.45. The van der Waals surface area contributed by atoms with Crippen molar-refractivity contribution in [2.75, 3.05) is 11.9 Å². The fraction of sp³-hybridized carbons (Fsp3) is 0.231. The molecule has 5 heteroatoms. The van der Waals surface area contributed by atoms with Gasteiger partial charge in [0.2, 0.25) is 6.41 Å². The summed E-state index contributed by atoms with van der Waals surface area (Å²) in [4.78, 5) is 10.4. The Kier molecular flexibility index (Phi) is 3.96. The van der Waals surface area contributed by atoms with Crippen LogP contribution in [0, 0.1) is 6.92 Å². The zero-order chi connectivity index (χ0) is 12.8. The number of rotatable bonds is 6. The number of ether oxygens (including phenoxy) is 1. The fourth-order valence-corrected chi connectivity index (χ4v) is 1.61. The minimum absolute atomic E-state index is 0.499. The van der Waals surface area contributed by atoms with Crippen molar-refractivity contribution in [2.45, 2.75) is 13.5 Å². The number of aryl methyl sites for hydroxylation is 1. The van der Waals surface area contributed by atoms with Gasteiger partial charge in [0.1, 0.15) is 12.4 Å². The number of benzene rings is 1. The van der Waals surface area contributed by atoms with Gasteiger partial charge in [0.25, 0.3) is 0 Å². The predicted molar refractivity (Wildman–Crippen MR) is 68.6 cm³/mol. The number of nitrogens with one attached hydrogen (secondary N) is 1. The summed E-state index contributed by atoms with van der Waals surface area (Å²) in [5.74, 6) is 0.661. The van der Waals surface area contributed by atoms with Crippen LogP contribution in [0.2, 0.25) is 0 Å². The van der Waals surface area contributed by atoms with E-state index < -0.39 is 0 Å². The van der Waals surface area contributed by atoms with Gasteiger partial charge in [-0.3, -0.25) is 9.48 Å². The Labute approximate surface area is 105 Å². The van der Waals surface area contributed by atoms with Gasteiger partial charge < -0.3 is 10.1 Å². The number of anilines is 1. The molecule has 0 aliphatic heterocycles. The van der Waals surface area contributed by atoms with Crippen LogP contribution in [-0.4, -0.2) is 22.8 Å². The molecule has 1 heterocycles. The quantitative estimate of drug-likeness (QED) is 0.790. The Morgan fingerprint density at radius 2 is 2.22 bits per heavy atom. The van der Waals surface area contributed by atoms with Crippen molar-refractivity contribution in [1.82, 2.24) is 9.78 Å². The molecule has 2 rings (SSSR count). The maximum atomic E-state index is 10.4. The molecule has 94 valence electrons. The molecular weight excluding hydrogens is 230 g/mol.